The van der Waals surface area contributed by atoms with E-state index in [1.807, 2.05) is 24.4 Å². The van der Waals surface area contributed by atoms with Gasteiger partial charge in [-0.05, 0) is 18.2 Å². The summed E-state index contributed by atoms with van der Waals surface area (Å²) in [5.74, 6) is 0. The maximum absolute atomic E-state index is 11.8. The number of nitrogens with zero attached hydrogens (tertiary/aromatic N) is 6. The molecule has 1 aliphatic rings. The third-order valence-corrected chi connectivity index (χ3v) is 6.00. The molecule has 4 rings (SSSR count). The third kappa shape index (κ3) is 3.26. The van der Waals surface area contributed by atoms with Crippen LogP contribution in [0.25, 0.3) is 16.7 Å². The molecule has 9 nitrogen and oxygen atoms in total. The Morgan fingerprint density at radius 2 is 2.04 bits per heavy atom. The van der Waals surface area contributed by atoms with Crippen molar-refractivity contribution in [1.82, 2.24) is 34.2 Å². The molecule has 2 aromatic heterocycles. The van der Waals surface area contributed by atoms with Crippen molar-refractivity contribution in [3.05, 3.63) is 48.4 Å². The summed E-state index contributed by atoms with van der Waals surface area (Å²) in [6, 6.07) is 5.85. The van der Waals surface area contributed by atoms with Crippen LogP contribution in [0.2, 0.25) is 0 Å². The van der Waals surface area contributed by atoms with Gasteiger partial charge in [-0.3, -0.25) is 4.90 Å². The molecule has 1 saturated heterocycles. The van der Waals surface area contributed by atoms with Gasteiger partial charge in [0.25, 0.3) is 0 Å². The molecule has 1 aliphatic heterocycles. The van der Waals surface area contributed by atoms with Gasteiger partial charge in [0.05, 0.1) is 34.9 Å². The molecular formula is C16H19N7O2S. The van der Waals surface area contributed by atoms with Gasteiger partial charge in [-0.1, -0.05) is 11.8 Å². The molecule has 10 heteroatoms. The van der Waals surface area contributed by atoms with E-state index >= 15 is 0 Å². The lowest BCUT2D eigenvalue weighted by atomic mass is 10.3. The Labute approximate surface area is 151 Å². The summed E-state index contributed by atoms with van der Waals surface area (Å²) in [4.78, 5) is 9.45. The lowest BCUT2D eigenvalue weighted by Gasteiger charge is -2.32. The van der Waals surface area contributed by atoms with Gasteiger partial charge < -0.3 is 4.98 Å². The first kappa shape index (κ1) is 16.9. The molecule has 0 atom stereocenters. The highest BCUT2D eigenvalue weighted by atomic mass is 32.2. The van der Waals surface area contributed by atoms with Crippen LogP contribution in [0.4, 0.5) is 0 Å². The van der Waals surface area contributed by atoms with E-state index in [0.29, 0.717) is 32.7 Å². The predicted molar refractivity (Wildman–Crippen MR) is 97.0 cm³/mol. The first-order valence-electron chi connectivity index (χ1n) is 8.25. The summed E-state index contributed by atoms with van der Waals surface area (Å²) >= 11 is 0. The number of hydrogen-bond donors (Lipinski definition) is 1. The average Bonchev–Trinajstić information content (AvgIpc) is 3.30. The van der Waals surface area contributed by atoms with Crippen molar-refractivity contribution in [3.63, 3.8) is 0 Å². The van der Waals surface area contributed by atoms with Crippen molar-refractivity contribution in [2.45, 2.75) is 6.54 Å². The molecule has 0 aliphatic carbocycles. The van der Waals surface area contributed by atoms with Gasteiger partial charge in [0.2, 0.25) is 10.0 Å². The Morgan fingerprint density at radius 3 is 2.81 bits per heavy atom. The normalized spacial score (nSPS) is 16.9. The van der Waals surface area contributed by atoms with Crippen molar-refractivity contribution < 1.29 is 8.42 Å². The van der Waals surface area contributed by atoms with E-state index in [2.05, 4.69) is 31.8 Å². The van der Waals surface area contributed by atoms with Crippen LogP contribution in [0.5, 0.6) is 0 Å². The molecule has 0 saturated carbocycles. The van der Waals surface area contributed by atoms with Gasteiger partial charge >= 0.3 is 0 Å². The molecule has 26 heavy (non-hydrogen) atoms. The summed E-state index contributed by atoms with van der Waals surface area (Å²) in [7, 11) is -3.33. The molecule has 1 fully saturated rings. The van der Waals surface area contributed by atoms with Gasteiger partial charge in [0, 0.05) is 38.1 Å². The molecule has 0 unspecified atom stereocenters. The van der Waals surface area contributed by atoms with Crippen LogP contribution in [0, 0.1) is 0 Å². The zero-order valence-corrected chi connectivity index (χ0v) is 14.9. The van der Waals surface area contributed by atoms with Gasteiger partial charge in [-0.15, -0.1) is 5.10 Å². The molecule has 0 amide bonds. The first-order chi connectivity index (χ1) is 12.5. The van der Waals surface area contributed by atoms with E-state index in [9.17, 15) is 8.42 Å². The monoisotopic (exact) mass is 373 g/mol. The molecule has 3 heterocycles. The standard InChI is InChI=1S/C16H19N7O2S/c1-2-26(24,25)22-7-5-21(6-8-22)10-13-11-23(20-19-13)14-3-4-15-16(9-14)18-12-17-15/h2-4,9,11-12H,1,5-8,10H2,(H,17,18). The molecule has 0 bridgehead atoms. The lowest BCUT2D eigenvalue weighted by Crippen LogP contribution is -2.47. The van der Waals surface area contributed by atoms with Gasteiger partial charge in [0.15, 0.2) is 0 Å². The summed E-state index contributed by atoms with van der Waals surface area (Å²) in [5, 5.41) is 9.44. The van der Waals surface area contributed by atoms with Crippen LogP contribution in [0.15, 0.2) is 42.7 Å². The second kappa shape index (κ2) is 6.63. The SMILES string of the molecule is C=CS(=O)(=O)N1CCN(Cc2cn(-c3ccc4nc[nH]c4c3)nn2)CC1. The van der Waals surface area contributed by atoms with E-state index in [4.69, 9.17) is 0 Å². The van der Waals surface area contributed by atoms with Crippen LogP contribution >= 0.6 is 0 Å². The summed E-state index contributed by atoms with van der Waals surface area (Å²) < 4.78 is 26.8. The van der Waals surface area contributed by atoms with Crippen LogP contribution in [0.3, 0.4) is 0 Å². The molecule has 0 radical (unpaired) electrons. The Hall–Kier alpha value is -2.56. The fraction of sp³-hybridized carbons (Fsp3) is 0.312. The minimum absolute atomic E-state index is 0.457. The van der Waals surface area contributed by atoms with Crippen molar-refractivity contribution in [2.24, 2.45) is 0 Å². The Kier molecular flexibility index (Phi) is 4.31. The highest BCUT2D eigenvalue weighted by Crippen LogP contribution is 2.16. The summed E-state index contributed by atoms with van der Waals surface area (Å²) in [5.41, 5.74) is 3.60. The molecular weight excluding hydrogens is 354 g/mol. The molecule has 0 spiro atoms. The van der Waals surface area contributed by atoms with Gasteiger partial charge in [-0.2, -0.15) is 4.31 Å². The lowest BCUT2D eigenvalue weighted by molar-refractivity contribution is 0.181. The zero-order valence-electron chi connectivity index (χ0n) is 14.1. The Morgan fingerprint density at radius 1 is 1.23 bits per heavy atom. The third-order valence-electron chi connectivity index (χ3n) is 4.50. The van der Waals surface area contributed by atoms with Crippen LogP contribution in [0.1, 0.15) is 5.69 Å². The number of hydrogen-bond acceptors (Lipinski definition) is 6. The van der Waals surface area contributed by atoms with Crippen molar-refractivity contribution >= 4 is 21.1 Å². The second-order valence-corrected chi connectivity index (χ2v) is 8.02. The number of aromatic amines is 1. The zero-order chi connectivity index (χ0) is 18.1. The number of fused-ring (bicyclic) bond motifs is 1. The molecule has 3 aromatic rings. The van der Waals surface area contributed by atoms with E-state index in [0.717, 1.165) is 27.8 Å². The highest BCUT2D eigenvalue weighted by molar-refractivity contribution is 7.92. The molecule has 1 aromatic carbocycles. The van der Waals surface area contributed by atoms with E-state index in [-0.39, 0.29) is 0 Å². The highest BCUT2D eigenvalue weighted by Gasteiger charge is 2.25. The number of H-pyrrole nitrogens is 1. The van der Waals surface area contributed by atoms with Crippen molar-refractivity contribution in [1.29, 1.82) is 0 Å². The number of nitrogens with one attached hydrogen (secondary N) is 1. The maximum atomic E-state index is 11.8. The topological polar surface area (TPSA) is 100 Å². The number of aromatic nitrogens is 5. The van der Waals surface area contributed by atoms with Crippen LogP contribution in [-0.4, -0.2) is 68.8 Å². The number of rotatable bonds is 5. The maximum Gasteiger partial charge on any atom is 0.235 e. The molecule has 1 N–H and O–H groups in total. The van der Waals surface area contributed by atoms with E-state index < -0.39 is 10.0 Å². The van der Waals surface area contributed by atoms with E-state index in [1.165, 1.54) is 4.31 Å². The van der Waals surface area contributed by atoms with Crippen molar-refractivity contribution in [2.75, 3.05) is 26.2 Å². The van der Waals surface area contributed by atoms with Crippen molar-refractivity contribution in [3.8, 4) is 5.69 Å². The fourth-order valence-electron chi connectivity index (χ4n) is 3.04. The second-order valence-electron chi connectivity index (χ2n) is 6.15. The molecule has 136 valence electrons. The number of benzene rings is 1. The van der Waals surface area contributed by atoms with E-state index in [1.54, 1.807) is 11.0 Å². The Balaban J connectivity index is 1.42. The van der Waals surface area contributed by atoms with Gasteiger partial charge in [0.1, 0.15) is 0 Å². The minimum atomic E-state index is -3.33. The quantitative estimate of drug-likeness (QED) is 0.708. The smallest absolute Gasteiger partial charge is 0.235 e. The average molecular weight is 373 g/mol. The number of sulfonamides is 1. The first-order valence-corrected chi connectivity index (χ1v) is 9.75. The van der Waals surface area contributed by atoms with Crippen LogP contribution < -0.4 is 0 Å². The van der Waals surface area contributed by atoms with Crippen LogP contribution in [-0.2, 0) is 16.6 Å². The largest absolute Gasteiger partial charge is 0.345 e. The minimum Gasteiger partial charge on any atom is -0.345 e. The number of imidazole rings is 1. The summed E-state index contributed by atoms with van der Waals surface area (Å²) in [6.45, 7) is 6.22. The number of piperazine rings is 1. The van der Waals surface area contributed by atoms with Gasteiger partial charge in [-0.25, -0.2) is 18.1 Å². The Bertz CT molecular complexity index is 1030. The fourth-order valence-corrected chi connectivity index (χ4v) is 3.92. The predicted octanol–water partition coefficient (Wildman–Crippen LogP) is 0.734. The summed E-state index contributed by atoms with van der Waals surface area (Å²) in [6.07, 6.45) is 3.55.